The lowest BCUT2D eigenvalue weighted by molar-refractivity contribution is 0.504. The quantitative estimate of drug-likeness (QED) is 0.628. The van der Waals surface area contributed by atoms with Crippen LogP contribution in [-0.2, 0) is 16.9 Å². The van der Waals surface area contributed by atoms with Crippen molar-refractivity contribution >= 4 is 9.84 Å². The van der Waals surface area contributed by atoms with Gasteiger partial charge in [0.25, 0.3) is 5.56 Å². The zero-order valence-electron chi connectivity index (χ0n) is 8.79. The topological polar surface area (TPSA) is 78.1 Å². The first-order valence-corrected chi connectivity index (χ1v) is 6.71. The van der Waals surface area contributed by atoms with Crippen molar-refractivity contribution in [2.45, 2.75) is 12.5 Å². The zero-order valence-corrected chi connectivity index (χ0v) is 9.61. The summed E-state index contributed by atoms with van der Waals surface area (Å²) < 4.78 is 24.9. The van der Waals surface area contributed by atoms with E-state index in [9.17, 15) is 18.0 Å². The van der Waals surface area contributed by atoms with E-state index in [-0.39, 0.29) is 23.1 Å². The molecule has 0 aromatic carbocycles. The fraction of sp³-hybridized carbons (Fsp3) is 0.556. The van der Waals surface area contributed by atoms with Crippen LogP contribution >= 0.6 is 0 Å². The molecule has 1 saturated heterocycles. The smallest absolute Gasteiger partial charge is 0.296 e. The van der Waals surface area contributed by atoms with Crippen molar-refractivity contribution in [1.82, 2.24) is 9.13 Å². The molecule has 1 fully saturated rings. The molecule has 0 aliphatic carbocycles. The minimum absolute atomic E-state index is 0.0227. The lowest BCUT2D eigenvalue weighted by Gasteiger charge is -2.12. The molecular formula is C9H12N2O4S. The minimum Gasteiger partial charge on any atom is -0.296 e. The third kappa shape index (κ3) is 1.82. The molecule has 0 saturated carbocycles. The van der Waals surface area contributed by atoms with Crippen molar-refractivity contribution in [2.24, 2.45) is 7.05 Å². The van der Waals surface area contributed by atoms with Gasteiger partial charge in [0.15, 0.2) is 9.84 Å². The molecule has 1 aliphatic rings. The van der Waals surface area contributed by atoms with Gasteiger partial charge >= 0.3 is 5.69 Å². The van der Waals surface area contributed by atoms with E-state index in [1.165, 1.54) is 23.9 Å². The zero-order chi connectivity index (χ0) is 11.9. The van der Waals surface area contributed by atoms with Gasteiger partial charge in [-0.3, -0.25) is 13.9 Å². The van der Waals surface area contributed by atoms with Gasteiger partial charge in [-0.15, -0.1) is 0 Å². The minimum atomic E-state index is -3.03. The van der Waals surface area contributed by atoms with Crippen LogP contribution in [0.2, 0.25) is 0 Å². The molecular weight excluding hydrogens is 232 g/mol. The maximum Gasteiger partial charge on any atom is 0.330 e. The van der Waals surface area contributed by atoms with Crippen LogP contribution in [0, 0.1) is 0 Å². The highest BCUT2D eigenvalue weighted by atomic mass is 32.2. The average Bonchev–Trinajstić information content (AvgIpc) is 2.55. The van der Waals surface area contributed by atoms with Gasteiger partial charge in [0.2, 0.25) is 0 Å². The summed E-state index contributed by atoms with van der Waals surface area (Å²) in [5.74, 6) is 0.0814. The van der Waals surface area contributed by atoms with E-state index < -0.39 is 15.5 Å². The molecule has 2 rings (SSSR count). The van der Waals surface area contributed by atoms with Crippen LogP contribution < -0.4 is 11.2 Å². The molecule has 1 aliphatic heterocycles. The summed E-state index contributed by atoms with van der Waals surface area (Å²) in [4.78, 5) is 22.9. The predicted octanol–water partition coefficient (Wildman–Crippen LogP) is -1.09. The maximum atomic E-state index is 11.7. The molecule has 7 heteroatoms. The first-order chi connectivity index (χ1) is 7.41. The van der Waals surface area contributed by atoms with Crippen molar-refractivity contribution in [3.8, 4) is 0 Å². The van der Waals surface area contributed by atoms with E-state index in [0.717, 1.165) is 4.57 Å². The molecule has 2 heterocycles. The average molecular weight is 244 g/mol. The lowest BCUT2D eigenvalue weighted by atomic mass is 10.2. The monoisotopic (exact) mass is 244 g/mol. The highest BCUT2D eigenvalue weighted by molar-refractivity contribution is 7.91. The Morgan fingerprint density at radius 3 is 2.62 bits per heavy atom. The summed E-state index contributed by atoms with van der Waals surface area (Å²) in [6.07, 6.45) is 1.80. The molecule has 0 N–H and O–H groups in total. The Hall–Kier alpha value is -1.37. The number of sulfone groups is 1. The molecule has 0 amide bonds. The Labute approximate surface area is 92.1 Å². The van der Waals surface area contributed by atoms with Gasteiger partial charge in [-0.05, 0) is 6.42 Å². The van der Waals surface area contributed by atoms with Crippen LogP contribution in [0.1, 0.15) is 12.5 Å². The second kappa shape index (κ2) is 3.58. The number of hydrogen-bond donors (Lipinski definition) is 0. The third-order valence-electron chi connectivity index (χ3n) is 2.82. The van der Waals surface area contributed by atoms with Gasteiger partial charge in [0.05, 0.1) is 17.5 Å². The van der Waals surface area contributed by atoms with Gasteiger partial charge < -0.3 is 0 Å². The van der Waals surface area contributed by atoms with E-state index in [2.05, 4.69) is 0 Å². The van der Waals surface area contributed by atoms with Crippen molar-refractivity contribution in [3.05, 3.63) is 33.1 Å². The van der Waals surface area contributed by atoms with Gasteiger partial charge in [0.1, 0.15) is 0 Å². The third-order valence-corrected chi connectivity index (χ3v) is 4.57. The molecule has 6 nitrogen and oxygen atoms in total. The van der Waals surface area contributed by atoms with Gasteiger partial charge in [-0.1, -0.05) is 0 Å². The van der Waals surface area contributed by atoms with Crippen molar-refractivity contribution in [2.75, 3.05) is 11.5 Å². The van der Waals surface area contributed by atoms with Crippen LogP contribution in [0.5, 0.6) is 0 Å². The molecule has 1 aromatic heterocycles. The number of rotatable bonds is 1. The standard InChI is InChI=1S/C9H12N2O4S/c1-10-8(12)2-4-11(9(10)13)7-3-5-16(14,15)6-7/h2,4,7H,3,5-6H2,1H3. The predicted molar refractivity (Wildman–Crippen MR) is 58.3 cm³/mol. The van der Waals surface area contributed by atoms with Crippen molar-refractivity contribution < 1.29 is 8.42 Å². The maximum absolute atomic E-state index is 11.7. The van der Waals surface area contributed by atoms with Gasteiger partial charge in [-0.25, -0.2) is 13.2 Å². The van der Waals surface area contributed by atoms with Crippen molar-refractivity contribution in [3.63, 3.8) is 0 Å². The SMILES string of the molecule is Cn1c(=O)ccn(C2CCS(=O)(=O)C2)c1=O. The molecule has 88 valence electrons. The Balaban J connectivity index is 2.48. The largest absolute Gasteiger partial charge is 0.330 e. The highest BCUT2D eigenvalue weighted by Crippen LogP contribution is 2.21. The van der Waals surface area contributed by atoms with Crippen LogP contribution in [0.3, 0.4) is 0 Å². The lowest BCUT2D eigenvalue weighted by Crippen LogP contribution is -2.38. The van der Waals surface area contributed by atoms with E-state index in [1.54, 1.807) is 0 Å². The first kappa shape index (κ1) is 11.1. The highest BCUT2D eigenvalue weighted by Gasteiger charge is 2.29. The summed E-state index contributed by atoms with van der Waals surface area (Å²) in [6, 6.07) is 0.927. The van der Waals surface area contributed by atoms with Crippen LogP contribution in [0.4, 0.5) is 0 Å². The fourth-order valence-electron chi connectivity index (χ4n) is 1.86. The number of aromatic nitrogens is 2. The van der Waals surface area contributed by atoms with E-state index in [4.69, 9.17) is 0 Å². The Morgan fingerprint density at radius 2 is 2.06 bits per heavy atom. The summed E-state index contributed by atoms with van der Waals surface area (Å²) in [5.41, 5.74) is -0.850. The number of nitrogens with zero attached hydrogens (tertiary/aromatic N) is 2. The van der Waals surface area contributed by atoms with Crippen LogP contribution in [0.15, 0.2) is 21.9 Å². The molecule has 0 radical (unpaired) electrons. The summed E-state index contributed by atoms with van der Waals surface area (Å²) >= 11 is 0. The Morgan fingerprint density at radius 1 is 1.38 bits per heavy atom. The molecule has 1 unspecified atom stereocenters. The molecule has 0 spiro atoms. The second-order valence-electron chi connectivity index (χ2n) is 3.96. The van der Waals surface area contributed by atoms with E-state index in [1.807, 2.05) is 0 Å². The van der Waals surface area contributed by atoms with E-state index >= 15 is 0 Å². The Kier molecular flexibility index (Phi) is 2.49. The van der Waals surface area contributed by atoms with Crippen molar-refractivity contribution in [1.29, 1.82) is 0 Å². The summed E-state index contributed by atoms with van der Waals surface area (Å²) in [6.45, 7) is 0. The Bertz CT molecular complexity index is 626. The van der Waals surface area contributed by atoms with Gasteiger partial charge in [0, 0.05) is 19.3 Å². The molecule has 1 aromatic rings. The molecule has 16 heavy (non-hydrogen) atoms. The van der Waals surface area contributed by atoms with Crippen LogP contribution in [-0.4, -0.2) is 29.1 Å². The fourth-order valence-corrected chi connectivity index (χ4v) is 3.57. The summed E-state index contributed by atoms with van der Waals surface area (Å²) in [7, 11) is -1.65. The van der Waals surface area contributed by atoms with Crippen LogP contribution in [0.25, 0.3) is 0 Å². The normalized spacial score (nSPS) is 23.4. The molecule has 1 atom stereocenters. The first-order valence-electron chi connectivity index (χ1n) is 4.89. The molecule has 0 bridgehead atoms. The van der Waals surface area contributed by atoms with E-state index in [0.29, 0.717) is 6.42 Å². The number of hydrogen-bond acceptors (Lipinski definition) is 4. The van der Waals surface area contributed by atoms with Gasteiger partial charge in [-0.2, -0.15) is 0 Å². The second-order valence-corrected chi connectivity index (χ2v) is 6.19. The summed E-state index contributed by atoms with van der Waals surface area (Å²) in [5, 5.41) is 0.